The molecule has 0 aliphatic heterocycles. The number of rotatable bonds is 7. The lowest BCUT2D eigenvalue weighted by Gasteiger charge is -2.16. The highest BCUT2D eigenvalue weighted by atomic mass is 16.6. The van der Waals surface area contributed by atoms with Gasteiger partial charge < -0.3 is 14.8 Å². The number of nitrogens with zero attached hydrogens (tertiary/aromatic N) is 2. The molecule has 8 nitrogen and oxygen atoms in total. The predicted octanol–water partition coefficient (Wildman–Crippen LogP) is 3.36. The van der Waals surface area contributed by atoms with E-state index in [0.717, 1.165) is 5.56 Å². The third-order valence-electron chi connectivity index (χ3n) is 3.91. The van der Waals surface area contributed by atoms with Crippen molar-refractivity contribution < 1.29 is 19.2 Å². The summed E-state index contributed by atoms with van der Waals surface area (Å²) >= 11 is 0. The van der Waals surface area contributed by atoms with E-state index in [1.807, 2.05) is 6.07 Å². The maximum Gasteiger partial charge on any atom is 0.286 e. The second kappa shape index (κ2) is 8.67. The molecule has 8 heteroatoms. The van der Waals surface area contributed by atoms with Gasteiger partial charge in [0.1, 0.15) is 5.56 Å². The van der Waals surface area contributed by atoms with Gasteiger partial charge in [-0.15, -0.1) is 0 Å². The molecule has 0 spiro atoms. The van der Waals surface area contributed by atoms with Crippen LogP contribution in [0.2, 0.25) is 0 Å². The van der Waals surface area contributed by atoms with Gasteiger partial charge in [-0.1, -0.05) is 12.1 Å². The van der Waals surface area contributed by atoms with Crippen LogP contribution >= 0.6 is 0 Å². The quantitative estimate of drug-likeness (QED) is 0.591. The fraction of sp³-hybridized carbons (Fsp3) is 0.263. The second-order valence-corrected chi connectivity index (χ2v) is 5.64. The summed E-state index contributed by atoms with van der Waals surface area (Å²) in [5.41, 5.74) is 0.775. The van der Waals surface area contributed by atoms with Gasteiger partial charge in [0.05, 0.1) is 42.4 Å². The molecule has 27 heavy (non-hydrogen) atoms. The summed E-state index contributed by atoms with van der Waals surface area (Å²) in [6.07, 6.45) is 0. The van der Waals surface area contributed by atoms with Crippen LogP contribution < -0.4 is 14.8 Å². The lowest BCUT2D eigenvalue weighted by molar-refractivity contribution is -0.385. The molecule has 0 heterocycles. The van der Waals surface area contributed by atoms with Gasteiger partial charge in [0.25, 0.3) is 11.6 Å². The Morgan fingerprint density at radius 3 is 2.48 bits per heavy atom. The maximum atomic E-state index is 12.6. The van der Waals surface area contributed by atoms with Crippen molar-refractivity contribution in [1.82, 2.24) is 5.32 Å². The number of carbonyl (C=O) groups is 1. The van der Waals surface area contributed by atoms with E-state index in [1.165, 1.54) is 19.2 Å². The molecule has 0 bridgehead atoms. The predicted molar refractivity (Wildman–Crippen MR) is 97.9 cm³/mol. The molecule has 0 saturated heterocycles. The zero-order valence-corrected chi connectivity index (χ0v) is 15.2. The summed E-state index contributed by atoms with van der Waals surface area (Å²) in [4.78, 5) is 23.4. The van der Waals surface area contributed by atoms with Crippen molar-refractivity contribution in [2.45, 2.75) is 19.9 Å². The molecule has 0 fully saturated rings. The van der Waals surface area contributed by atoms with E-state index in [-0.39, 0.29) is 22.7 Å². The highest BCUT2D eigenvalue weighted by molar-refractivity contribution is 5.99. The number of nitro groups is 1. The summed E-state index contributed by atoms with van der Waals surface area (Å²) < 4.78 is 10.5. The third kappa shape index (κ3) is 4.52. The van der Waals surface area contributed by atoms with Gasteiger partial charge >= 0.3 is 0 Å². The van der Waals surface area contributed by atoms with Crippen LogP contribution in [0.3, 0.4) is 0 Å². The Bertz CT molecular complexity index is 887. The number of hydrogen-bond donors (Lipinski definition) is 1. The molecule has 2 aromatic rings. The van der Waals surface area contributed by atoms with Gasteiger partial charge in [0, 0.05) is 6.07 Å². The van der Waals surface area contributed by atoms with E-state index in [4.69, 9.17) is 14.7 Å². The standard InChI is InChI=1S/C19H19N3O5/c1-4-27-18-10-16(22(24)25)15(9-17(18)26-3)19(23)21-12(2)14-7-5-13(11-20)6-8-14/h5-10,12H,4H2,1-3H3,(H,21,23). The summed E-state index contributed by atoms with van der Waals surface area (Å²) in [7, 11) is 1.39. The second-order valence-electron chi connectivity index (χ2n) is 5.64. The SMILES string of the molecule is CCOc1cc([N+](=O)[O-])c(C(=O)NC(C)c2ccc(C#N)cc2)cc1OC. The zero-order valence-electron chi connectivity index (χ0n) is 15.2. The third-order valence-corrected chi connectivity index (χ3v) is 3.91. The minimum absolute atomic E-state index is 0.124. The van der Waals surface area contributed by atoms with E-state index in [9.17, 15) is 14.9 Å². The lowest BCUT2D eigenvalue weighted by atomic mass is 10.1. The molecular weight excluding hydrogens is 350 g/mol. The Hall–Kier alpha value is -3.60. The maximum absolute atomic E-state index is 12.6. The first-order valence-electron chi connectivity index (χ1n) is 8.21. The number of nitro benzene ring substituents is 1. The van der Waals surface area contributed by atoms with Crippen LogP contribution in [0.25, 0.3) is 0 Å². The van der Waals surface area contributed by atoms with E-state index in [0.29, 0.717) is 12.2 Å². The number of nitrogens with one attached hydrogen (secondary N) is 1. The number of methoxy groups -OCH3 is 1. The van der Waals surface area contributed by atoms with Gasteiger partial charge in [-0.3, -0.25) is 14.9 Å². The fourth-order valence-electron chi connectivity index (χ4n) is 2.51. The smallest absolute Gasteiger partial charge is 0.286 e. The van der Waals surface area contributed by atoms with Gasteiger partial charge in [-0.05, 0) is 31.5 Å². The summed E-state index contributed by atoms with van der Waals surface area (Å²) in [5, 5.41) is 23.0. The number of ether oxygens (including phenoxy) is 2. The molecule has 0 aromatic heterocycles. The molecule has 1 amide bonds. The molecule has 1 N–H and O–H groups in total. The first-order valence-corrected chi connectivity index (χ1v) is 8.21. The normalized spacial score (nSPS) is 11.2. The van der Waals surface area contributed by atoms with E-state index >= 15 is 0 Å². The van der Waals surface area contributed by atoms with E-state index in [1.54, 1.807) is 38.1 Å². The molecule has 2 aromatic carbocycles. The van der Waals surface area contributed by atoms with Gasteiger partial charge in [0.2, 0.25) is 0 Å². The highest BCUT2D eigenvalue weighted by Gasteiger charge is 2.25. The number of nitriles is 1. The van der Waals surface area contributed by atoms with Crippen LogP contribution in [-0.4, -0.2) is 24.5 Å². The van der Waals surface area contributed by atoms with Crippen molar-refractivity contribution in [3.05, 3.63) is 63.2 Å². The van der Waals surface area contributed by atoms with Gasteiger partial charge in [-0.25, -0.2) is 0 Å². The molecule has 140 valence electrons. The van der Waals surface area contributed by atoms with Crippen molar-refractivity contribution >= 4 is 11.6 Å². The van der Waals surface area contributed by atoms with Crippen LogP contribution in [0.1, 0.15) is 41.4 Å². The van der Waals surface area contributed by atoms with Crippen molar-refractivity contribution in [2.75, 3.05) is 13.7 Å². The van der Waals surface area contributed by atoms with Crippen molar-refractivity contribution in [3.8, 4) is 17.6 Å². The van der Waals surface area contributed by atoms with Crippen molar-refractivity contribution in [3.63, 3.8) is 0 Å². The Kier molecular flexibility index (Phi) is 6.33. The highest BCUT2D eigenvalue weighted by Crippen LogP contribution is 2.35. The average molecular weight is 369 g/mol. The zero-order chi connectivity index (χ0) is 20.0. The van der Waals surface area contributed by atoms with Crippen LogP contribution in [0, 0.1) is 21.4 Å². The Balaban J connectivity index is 2.33. The summed E-state index contributed by atoms with van der Waals surface area (Å²) in [6.45, 7) is 3.79. The van der Waals surface area contributed by atoms with Crippen molar-refractivity contribution in [2.24, 2.45) is 0 Å². The van der Waals surface area contributed by atoms with Gasteiger partial charge in [-0.2, -0.15) is 5.26 Å². The van der Waals surface area contributed by atoms with Crippen molar-refractivity contribution in [1.29, 1.82) is 5.26 Å². The van der Waals surface area contributed by atoms with E-state index in [2.05, 4.69) is 5.32 Å². The summed E-state index contributed by atoms with van der Waals surface area (Å²) in [6, 6.07) is 10.8. The minimum Gasteiger partial charge on any atom is -0.493 e. The lowest BCUT2D eigenvalue weighted by Crippen LogP contribution is -2.27. The first-order chi connectivity index (χ1) is 12.9. The molecule has 0 saturated carbocycles. The number of hydrogen-bond acceptors (Lipinski definition) is 6. The van der Waals surface area contributed by atoms with Crippen LogP contribution in [0.15, 0.2) is 36.4 Å². The van der Waals surface area contributed by atoms with Gasteiger partial charge in [0.15, 0.2) is 11.5 Å². The monoisotopic (exact) mass is 369 g/mol. The van der Waals surface area contributed by atoms with Crippen LogP contribution in [0.5, 0.6) is 11.5 Å². The number of benzene rings is 2. The molecule has 0 aliphatic rings. The minimum atomic E-state index is -0.636. The Morgan fingerprint density at radius 2 is 1.96 bits per heavy atom. The molecule has 2 rings (SSSR count). The Morgan fingerprint density at radius 1 is 1.30 bits per heavy atom. The van der Waals surface area contributed by atoms with E-state index < -0.39 is 16.9 Å². The van der Waals surface area contributed by atoms with Crippen LogP contribution in [0.4, 0.5) is 5.69 Å². The Labute approximate surface area is 156 Å². The molecule has 1 atom stereocenters. The molecule has 1 unspecified atom stereocenters. The fourth-order valence-corrected chi connectivity index (χ4v) is 2.51. The summed E-state index contributed by atoms with van der Waals surface area (Å²) in [5.74, 6) is -0.179. The molecule has 0 aliphatic carbocycles. The largest absolute Gasteiger partial charge is 0.493 e. The first kappa shape index (κ1) is 19.7. The molecule has 0 radical (unpaired) electrons. The molecular formula is C19H19N3O5. The topological polar surface area (TPSA) is 114 Å². The number of carbonyl (C=O) groups excluding carboxylic acids is 1. The average Bonchev–Trinajstić information content (AvgIpc) is 2.67. The van der Waals surface area contributed by atoms with Crippen LogP contribution in [-0.2, 0) is 0 Å². The number of amides is 1.